The Hall–Kier alpha value is -4.24. The second-order valence-corrected chi connectivity index (χ2v) is 20.0. The van der Waals surface area contributed by atoms with E-state index in [1.807, 2.05) is 60.7 Å². The molecule has 2 heterocycles. The summed E-state index contributed by atoms with van der Waals surface area (Å²) < 4.78 is 27.0. The first-order valence-corrected chi connectivity index (χ1v) is 21.0. The van der Waals surface area contributed by atoms with E-state index < -0.39 is 0 Å². The van der Waals surface area contributed by atoms with Gasteiger partial charge in [0.1, 0.15) is 23.0 Å². The maximum atomic E-state index is 7.03. The summed E-state index contributed by atoms with van der Waals surface area (Å²) in [6, 6.07) is 24.5. The average molecular weight is 789 g/mol. The van der Waals surface area contributed by atoms with Gasteiger partial charge in [-0.15, -0.1) is 0 Å². The lowest BCUT2D eigenvalue weighted by atomic mass is 9.72. The van der Waals surface area contributed by atoms with E-state index in [1.54, 1.807) is 12.4 Å². The molecule has 56 heavy (non-hydrogen) atoms. The molecule has 0 aliphatic carbocycles. The first-order valence-electron chi connectivity index (χ1n) is 19.4. The minimum absolute atomic E-state index is 0.150. The summed E-state index contributed by atoms with van der Waals surface area (Å²) in [5, 5.41) is 1.90. The molecule has 4 aromatic carbocycles. The minimum atomic E-state index is -0.312. The third-order valence-corrected chi connectivity index (χ3v) is 11.5. The van der Waals surface area contributed by atoms with E-state index in [2.05, 4.69) is 119 Å². The van der Waals surface area contributed by atoms with Gasteiger partial charge in [-0.2, -0.15) is 0 Å². The summed E-state index contributed by atoms with van der Waals surface area (Å²) in [6.45, 7) is 31.7. The molecule has 0 bridgehead atoms. The van der Waals surface area contributed by atoms with Crippen LogP contribution in [0, 0.1) is 13.8 Å². The van der Waals surface area contributed by atoms with Crippen LogP contribution in [0.2, 0.25) is 0 Å². The van der Waals surface area contributed by atoms with E-state index in [0.29, 0.717) is 0 Å². The molecule has 2 aromatic heterocycles. The molecular formula is C48H58N2O4P2. The van der Waals surface area contributed by atoms with Gasteiger partial charge in [0, 0.05) is 45.4 Å². The zero-order valence-corrected chi connectivity index (χ0v) is 37.6. The van der Waals surface area contributed by atoms with E-state index in [0.717, 1.165) is 78.2 Å². The highest BCUT2D eigenvalue weighted by Crippen LogP contribution is 2.55. The Morgan fingerprint density at radius 1 is 0.429 bits per heavy atom. The van der Waals surface area contributed by atoms with Gasteiger partial charge in [-0.1, -0.05) is 107 Å². The second-order valence-electron chi connectivity index (χ2n) is 18.8. The Kier molecular flexibility index (Phi) is 11.5. The molecule has 8 heteroatoms. The Morgan fingerprint density at radius 3 is 1.12 bits per heavy atom. The maximum absolute atomic E-state index is 7.03. The molecular weight excluding hydrogens is 730 g/mol. The van der Waals surface area contributed by atoms with Crippen molar-refractivity contribution in [1.29, 1.82) is 0 Å². The molecule has 0 aliphatic heterocycles. The molecule has 0 saturated heterocycles. The molecule has 0 amide bonds. The number of aromatic nitrogens is 2. The lowest BCUT2D eigenvalue weighted by Gasteiger charge is -2.35. The van der Waals surface area contributed by atoms with Crippen molar-refractivity contribution in [3.05, 3.63) is 119 Å². The van der Waals surface area contributed by atoms with Gasteiger partial charge in [-0.05, 0) is 106 Å². The molecule has 294 valence electrons. The van der Waals surface area contributed by atoms with Crippen molar-refractivity contribution >= 4 is 39.9 Å². The number of hydrogen-bond acceptors (Lipinski definition) is 6. The predicted molar refractivity (Wildman–Crippen MR) is 239 cm³/mol. The summed E-state index contributed by atoms with van der Waals surface area (Å²) in [5.74, 6) is 3.09. The van der Waals surface area contributed by atoms with E-state index in [-0.39, 0.29) is 39.7 Å². The van der Waals surface area contributed by atoms with Crippen molar-refractivity contribution < 1.29 is 18.1 Å². The number of fused-ring (bicyclic) bond motifs is 2. The Bertz CT molecular complexity index is 2220. The highest BCUT2D eigenvalue weighted by molar-refractivity contribution is 7.27. The third kappa shape index (κ3) is 8.53. The molecule has 0 spiro atoms. The van der Waals surface area contributed by atoms with Crippen LogP contribution < -0.4 is 18.1 Å². The molecule has 0 N–H and O–H groups in total. The molecule has 0 radical (unpaired) electrons. The molecule has 6 nitrogen and oxygen atoms in total. The fourth-order valence-corrected chi connectivity index (χ4v) is 8.75. The topological polar surface area (TPSA) is 62.7 Å². The number of benzene rings is 4. The predicted octanol–water partition coefficient (Wildman–Crippen LogP) is 14.2. The molecule has 0 fully saturated rings. The van der Waals surface area contributed by atoms with Crippen LogP contribution in [0.3, 0.4) is 0 Å². The average Bonchev–Trinajstić information content (AvgIpc) is 3.10. The minimum Gasteiger partial charge on any atom is -0.440 e. The second kappa shape index (κ2) is 15.6. The van der Waals surface area contributed by atoms with E-state index in [9.17, 15) is 0 Å². The van der Waals surface area contributed by atoms with Gasteiger partial charge in [-0.3, -0.25) is 9.97 Å². The molecule has 6 aromatic rings. The van der Waals surface area contributed by atoms with Gasteiger partial charge < -0.3 is 18.1 Å². The molecule has 0 saturated carbocycles. The molecule has 2 atom stereocenters. The van der Waals surface area contributed by atoms with Crippen LogP contribution in [0.15, 0.2) is 85.2 Å². The highest BCUT2D eigenvalue weighted by atomic mass is 31.1. The van der Waals surface area contributed by atoms with Crippen molar-refractivity contribution in [1.82, 2.24) is 9.97 Å². The van der Waals surface area contributed by atoms with Crippen LogP contribution in [-0.2, 0) is 21.7 Å². The van der Waals surface area contributed by atoms with Crippen molar-refractivity contribution in [2.45, 2.75) is 119 Å². The fraction of sp³-hybridized carbons (Fsp3) is 0.375. The summed E-state index contributed by atoms with van der Waals surface area (Å²) in [6.07, 6.45) is 3.60. The highest BCUT2D eigenvalue weighted by Gasteiger charge is 2.35. The Labute approximate surface area is 338 Å². The van der Waals surface area contributed by atoms with Gasteiger partial charge in [-0.25, -0.2) is 0 Å². The van der Waals surface area contributed by atoms with Crippen LogP contribution in [0.1, 0.15) is 116 Å². The van der Waals surface area contributed by atoms with Crippen LogP contribution in [-0.4, -0.2) is 9.97 Å². The lowest BCUT2D eigenvalue weighted by molar-refractivity contribution is 0.486. The Balaban J connectivity index is 1.60. The van der Waals surface area contributed by atoms with Gasteiger partial charge in [0.2, 0.25) is 0 Å². The normalized spacial score (nSPS) is 13.0. The number of nitrogens with zero attached hydrogens (tertiary/aromatic N) is 2. The van der Waals surface area contributed by atoms with Gasteiger partial charge in [0.05, 0.1) is 11.0 Å². The van der Waals surface area contributed by atoms with Gasteiger partial charge in [0.25, 0.3) is 18.1 Å². The number of rotatable bonds is 9. The van der Waals surface area contributed by atoms with Crippen molar-refractivity contribution in [2.24, 2.45) is 0 Å². The summed E-state index contributed by atoms with van der Waals surface area (Å²) in [7, 11) is -0.623. The molecule has 0 aliphatic rings. The van der Waals surface area contributed by atoms with Crippen molar-refractivity contribution in [3.8, 4) is 34.1 Å². The van der Waals surface area contributed by atoms with E-state index in [1.165, 1.54) is 11.1 Å². The van der Waals surface area contributed by atoms with Crippen molar-refractivity contribution in [2.75, 3.05) is 0 Å². The SMILES string of the molecule is Cc1c(C(C)(C)C)cc(C(C)(C)C)c(OPOc2cccc3ncccc23)c1-c1c(C)c(C(C)(C)C)cc(C(C)(C)C)c1OPOc1cccc2ncccc12. The van der Waals surface area contributed by atoms with Gasteiger partial charge >= 0.3 is 0 Å². The summed E-state index contributed by atoms with van der Waals surface area (Å²) in [5.41, 5.74) is 10.1. The fourth-order valence-electron chi connectivity index (χ4n) is 7.54. The zero-order valence-electron chi connectivity index (χ0n) is 35.6. The summed E-state index contributed by atoms with van der Waals surface area (Å²) >= 11 is 0. The molecule has 2 unspecified atom stereocenters. The zero-order chi connectivity index (χ0) is 40.8. The van der Waals surface area contributed by atoms with Crippen LogP contribution in [0.25, 0.3) is 32.9 Å². The van der Waals surface area contributed by atoms with Crippen molar-refractivity contribution in [3.63, 3.8) is 0 Å². The van der Waals surface area contributed by atoms with Crippen LogP contribution >= 0.6 is 18.1 Å². The summed E-state index contributed by atoms with van der Waals surface area (Å²) in [4.78, 5) is 9.08. The maximum Gasteiger partial charge on any atom is 0.275 e. The first-order chi connectivity index (χ1) is 26.2. The van der Waals surface area contributed by atoms with E-state index in [4.69, 9.17) is 18.1 Å². The smallest absolute Gasteiger partial charge is 0.275 e. The monoisotopic (exact) mass is 788 g/mol. The van der Waals surface area contributed by atoms with Gasteiger partial charge in [0.15, 0.2) is 0 Å². The molecule has 6 rings (SSSR count). The number of pyridine rings is 2. The largest absolute Gasteiger partial charge is 0.440 e. The third-order valence-electron chi connectivity index (χ3n) is 10.4. The standard InChI is InChI=1S/C48H58N2O4P2/c1-29-33(45(3,4)5)27-35(47(9,10)11)43(53-55-51-39-23-15-21-37-31(39)19-17-25-49-37)41(29)42-30(2)34(46(6,7)8)28-36(48(12,13)14)44(42)54-56-52-40-24-16-22-38-32(40)20-18-26-50-38/h15-28,55-56H,1-14H3. The number of hydrogen-bond donors (Lipinski definition) is 0. The van der Waals surface area contributed by atoms with Crippen LogP contribution in [0.5, 0.6) is 23.0 Å². The quantitative estimate of drug-likeness (QED) is 0.136. The lowest BCUT2D eigenvalue weighted by Crippen LogP contribution is -2.22. The Morgan fingerprint density at radius 2 is 0.786 bits per heavy atom. The van der Waals surface area contributed by atoms with Crippen LogP contribution in [0.4, 0.5) is 0 Å². The first kappa shape index (κ1) is 41.4. The van der Waals surface area contributed by atoms with E-state index >= 15 is 0 Å².